The Balaban J connectivity index is 1.89. The predicted octanol–water partition coefficient (Wildman–Crippen LogP) is 4.05. The quantitative estimate of drug-likeness (QED) is 0.849. The first kappa shape index (κ1) is 14.6. The molecule has 1 amide bonds. The van der Waals surface area contributed by atoms with E-state index in [-0.39, 0.29) is 5.91 Å². The van der Waals surface area contributed by atoms with E-state index in [1.807, 2.05) is 30.3 Å². The summed E-state index contributed by atoms with van der Waals surface area (Å²) >= 11 is 4.84. The number of nitrogens with zero attached hydrogens (tertiary/aromatic N) is 1. The maximum Gasteiger partial charge on any atom is 0.234 e. The Bertz CT molecular complexity index is 650. The molecule has 0 fully saturated rings. The Labute approximate surface area is 130 Å². The van der Waals surface area contributed by atoms with Gasteiger partial charge in [0.25, 0.3) is 0 Å². The van der Waals surface area contributed by atoms with Gasteiger partial charge in [-0.25, -0.2) is 0 Å². The fourth-order valence-corrected chi connectivity index (χ4v) is 2.51. The summed E-state index contributed by atoms with van der Waals surface area (Å²) in [5.74, 6) is 0.242. The van der Waals surface area contributed by atoms with Crippen LogP contribution < -0.4 is 5.32 Å². The SMILES string of the molecule is N#Cc1cccc(NC(=O)CSc2ccc(Br)cc2)c1. The van der Waals surface area contributed by atoms with Crippen LogP contribution in [0.1, 0.15) is 5.56 Å². The number of nitriles is 1. The lowest BCUT2D eigenvalue weighted by Crippen LogP contribution is -2.13. The number of carbonyl (C=O) groups is 1. The van der Waals surface area contributed by atoms with Gasteiger partial charge in [0.2, 0.25) is 5.91 Å². The second-order valence-corrected chi connectivity index (χ2v) is 5.95. The molecule has 1 N–H and O–H groups in total. The van der Waals surface area contributed by atoms with E-state index < -0.39 is 0 Å². The molecule has 0 heterocycles. The molecule has 2 aromatic rings. The Morgan fingerprint density at radius 2 is 2.00 bits per heavy atom. The highest BCUT2D eigenvalue weighted by molar-refractivity contribution is 9.10. The van der Waals surface area contributed by atoms with Crippen molar-refractivity contribution < 1.29 is 4.79 Å². The summed E-state index contributed by atoms with van der Waals surface area (Å²) in [6.45, 7) is 0. The number of nitrogens with one attached hydrogen (secondary N) is 1. The van der Waals surface area contributed by atoms with Gasteiger partial charge in [-0.1, -0.05) is 22.0 Å². The largest absolute Gasteiger partial charge is 0.325 e. The molecule has 0 spiro atoms. The molecule has 0 unspecified atom stereocenters. The van der Waals surface area contributed by atoms with Crippen molar-refractivity contribution >= 4 is 39.3 Å². The molecule has 0 aliphatic carbocycles. The Hall–Kier alpha value is -1.77. The maximum atomic E-state index is 11.8. The number of anilines is 1. The van der Waals surface area contributed by atoms with Crippen LogP contribution in [-0.4, -0.2) is 11.7 Å². The highest BCUT2D eigenvalue weighted by Gasteiger charge is 2.04. The number of amides is 1. The number of rotatable bonds is 4. The molecule has 2 aromatic carbocycles. The van der Waals surface area contributed by atoms with Crippen LogP contribution in [0.4, 0.5) is 5.69 Å². The van der Waals surface area contributed by atoms with Crippen molar-refractivity contribution in [2.45, 2.75) is 4.90 Å². The van der Waals surface area contributed by atoms with Gasteiger partial charge in [-0.2, -0.15) is 5.26 Å². The van der Waals surface area contributed by atoms with Crippen LogP contribution in [0.15, 0.2) is 57.9 Å². The van der Waals surface area contributed by atoms with E-state index in [2.05, 4.69) is 21.2 Å². The van der Waals surface area contributed by atoms with E-state index in [0.29, 0.717) is 17.0 Å². The minimum Gasteiger partial charge on any atom is -0.325 e. The molecule has 0 saturated heterocycles. The fraction of sp³-hybridized carbons (Fsp3) is 0.0667. The molecule has 5 heteroatoms. The third-order valence-electron chi connectivity index (χ3n) is 2.46. The minimum atomic E-state index is -0.0898. The molecule has 0 aliphatic rings. The van der Waals surface area contributed by atoms with Gasteiger partial charge in [0.1, 0.15) is 0 Å². The Morgan fingerprint density at radius 3 is 2.70 bits per heavy atom. The highest BCUT2D eigenvalue weighted by Crippen LogP contribution is 2.21. The van der Waals surface area contributed by atoms with Crippen molar-refractivity contribution in [2.24, 2.45) is 0 Å². The first-order chi connectivity index (χ1) is 9.67. The van der Waals surface area contributed by atoms with Crippen molar-refractivity contribution in [3.8, 4) is 6.07 Å². The Kier molecular flexibility index (Phi) is 5.22. The highest BCUT2D eigenvalue weighted by atomic mass is 79.9. The summed E-state index contributed by atoms with van der Waals surface area (Å²) in [6.07, 6.45) is 0. The molecule has 0 saturated carbocycles. The average molecular weight is 347 g/mol. The van der Waals surface area contributed by atoms with Gasteiger partial charge < -0.3 is 5.32 Å². The van der Waals surface area contributed by atoms with Crippen molar-refractivity contribution in [3.05, 3.63) is 58.6 Å². The molecular weight excluding hydrogens is 336 g/mol. The standard InChI is InChI=1S/C15H11BrN2OS/c16-12-4-6-14(7-5-12)20-10-15(19)18-13-3-1-2-11(8-13)9-17/h1-8H,10H2,(H,18,19). The van der Waals surface area contributed by atoms with E-state index in [4.69, 9.17) is 5.26 Å². The molecule has 20 heavy (non-hydrogen) atoms. The molecular formula is C15H11BrN2OS. The Morgan fingerprint density at radius 1 is 1.25 bits per heavy atom. The third-order valence-corrected chi connectivity index (χ3v) is 4.00. The predicted molar refractivity (Wildman–Crippen MR) is 84.7 cm³/mol. The fourth-order valence-electron chi connectivity index (χ4n) is 1.54. The lowest BCUT2D eigenvalue weighted by Gasteiger charge is -2.05. The first-order valence-electron chi connectivity index (χ1n) is 5.86. The number of hydrogen-bond donors (Lipinski definition) is 1. The second-order valence-electron chi connectivity index (χ2n) is 3.98. The number of carbonyl (C=O) groups excluding carboxylic acids is 1. The number of hydrogen-bond acceptors (Lipinski definition) is 3. The number of benzene rings is 2. The van der Waals surface area contributed by atoms with Gasteiger partial charge in [0.05, 0.1) is 17.4 Å². The van der Waals surface area contributed by atoms with Gasteiger partial charge in [0, 0.05) is 15.1 Å². The number of thioether (sulfide) groups is 1. The van der Waals surface area contributed by atoms with E-state index in [1.54, 1.807) is 24.3 Å². The van der Waals surface area contributed by atoms with Crippen LogP contribution >= 0.6 is 27.7 Å². The van der Waals surface area contributed by atoms with Crippen LogP contribution in [0.3, 0.4) is 0 Å². The normalized spacial score (nSPS) is 9.80. The van der Waals surface area contributed by atoms with Crippen molar-refractivity contribution in [1.82, 2.24) is 0 Å². The van der Waals surface area contributed by atoms with Gasteiger partial charge >= 0.3 is 0 Å². The molecule has 0 aromatic heterocycles. The molecule has 0 radical (unpaired) electrons. The topological polar surface area (TPSA) is 52.9 Å². The first-order valence-corrected chi connectivity index (χ1v) is 7.63. The number of halogens is 1. The van der Waals surface area contributed by atoms with Gasteiger partial charge in [-0.15, -0.1) is 11.8 Å². The van der Waals surface area contributed by atoms with Gasteiger partial charge in [0.15, 0.2) is 0 Å². The van der Waals surface area contributed by atoms with Crippen molar-refractivity contribution in [1.29, 1.82) is 5.26 Å². The van der Waals surface area contributed by atoms with Gasteiger partial charge in [-0.05, 0) is 42.5 Å². The summed E-state index contributed by atoms with van der Waals surface area (Å²) in [4.78, 5) is 12.9. The average Bonchev–Trinajstić information content (AvgIpc) is 2.47. The van der Waals surface area contributed by atoms with Crippen molar-refractivity contribution in [2.75, 3.05) is 11.1 Å². The minimum absolute atomic E-state index is 0.0898. The monoisotopic (exact) mass is 346 g/mol. The van der Waals surface area contributed by atoms with E-state index in [1.165, 1.54) is 11.8 Å². The maximum absolute atomic E-state index is 11.8. The van der Waals surface area contributed by atoms with Crippen molar-refractivity contribution in [3.63, 3.8) is 0 Å². The van der Waals surface area contributed by atoms with Gasteiger partial charge in [-0.3, -0.25) is 4.79 Å². The molecule has 0 bridgehead atoms. The zero-order valence-corrected chi connectivity index (χ0v) is 12.9. The molecule has 0 atom stereocenters. The van der Waals surface area contributed by atoms with E-state index in [0.717, 1.165) is 9.37 Å². The smallest absolute Gasteiger partial charge is 0.234 e. The van der Waals surface area contributed by atoms with Crippen LogP contribution in [0.2, 0.25) is 0 Å². The molecule has 0 aliphatic heterocycles. The van der Waals surface area contributed by atoms with E-state index >= 15 is 0 Å². The summed E-state index contributed by atoms with van der Waals surface area (Å²) in [5, 5.41) is 11.6. The second kappa shape index (κ2) is 7.13. The summed E-state index contributed by atoms with van der Waals surface area (Å²) in [7, 11) is 0. The van der Waals surface area contributed by atoms with Crippen LogP contribution in [0.5, 0.6) is 0 Å². The summed E-state index contributed by atoms with van der Waals surface area (Å²) in [5.41, 5.74) is 1.17. The molecule has 3 nitrogen and oxygen atoms in total. The van der Waals surface area contributed by atoms with Crippen LogP contribution in [0.25, 0.3) is 0 Å². The summed E-state index contributed by atoms with van der Waals surface area (Å²) in [6, 6.07) is 16.7. The molecule has 100 valence electrons. The van der Waals surface area contributed by atoms with Crippen LogP contribution in [-0.2, 0) is 4.79 Å². The summed E-state index contributed by atoms with van der Waals surface area (Å²) < 4.78 is 1.01. The lowest BCUT2D eigenvalue weighted by atomic mass is 10.2. The third kappa shape index (κ3) is 4.41. The lowest BCUT2D eigenvalue weighted by molar-refractivity contribution is -0.113. The zero-order chi connectivity index (χ0) is 14.4. The van der Waals surface area contributed by atoms with Crippen LogP contribution in [0, 0.1) is 11.3 Å². The molecule has 2 rings (SSSR count). The zero-order valence-electron chi connectivity index (χ0n) is 10.5. The van der Waals surface area contributed by atoms with E-state index in [9.17, 15) is 4.79 Å².